The fourth-order valence-corrected chi connectivity index (χ4v) is 3.00. The van der Waals surface area contributed by atoms with Gasteiger partial charge in [-0.3, -0.25) is 10.1 Å². The number of nitrogens with zero attached hydrogens (tertiary/aromatic N) is 1. The van der Waals surface area contributed by atoms with Crippen molar-refractivity contribution < 1.29 is 13.6 Å². The molecule has 0 aliphatic carbocycles. The van der Waals surface area contributed by atoms with E-state index in [9.17, 15) is 13.6 Å². The highest BCUT2D eigenvalue weighted by atomic mass is 32.1. The number of hydrogen-bond acceptors (Lipinski definition) is 3. The van der Waals surface area contributed by atoms with Crippen molar-refractivity contribution in [2.24, 2.45) is 0 Å². The number of hydrogen-bond donors (Lipinski definition) is 1. The molecular formula is C16H12F2N2OS. The van der Waals surface area contributed by atoms with Crippen LogP contribution in [0.2, 0.25) is 0 Å². The Morgan fingerprint density at radius 1 is 1.23 bits per heavy atom. The highest BCUT2D eigenvalue weighted by molar-refractivity contribution is 7.22. The molecule has 1 heterocycles. The van der Waals surface area contributed by atoms with Gasteiger partial charge in [0.1, 0.15) is 11.6 Å². The molecule has 112 valence electrons. The average molecular weight is 318 g/mol. The minimum Gasteiger partial charge on any atom is -0.298 e. The zero-order valence-electron chi connectivity index (χ0n) is 11.7. The Bertz CT molecular complexity index is 860. The molecule has 0 spiro atoms. The Hall–Kier alpha value is -2.34. The van der Waals surface area contributed by atoms with Crippen molar-refractivity contribution in [2.45, 2.75) is 13.3 Å². The van der Waals surface area contributed by atoms with E-state index in [-0.39, 0.29) is 5.56 Å². The minimum absolute atomic E-state index is 0.339. The van der Waals surface area contributed by atoms with Gasteiger partial charge in [0.25, 0.3) is 5.91 Å². The molecule has 0 aliphatic heterocycles. The summed E-state index contributed by atoms with van der Waals surface area (Å²) in [5.74, 6) is -2.15. The van der Waals surface area contributed by atoms with Gasteiger partial charge in [0.2, 0.25) is 0 Å². The monoisotopic (exact) mass is 318 g/mol. The molecule has 0 fully saturated rings. The highest BCUT2D eigenvalue weighted by Crippen LogP contribution is 2.27. The molecule has 22 heavy (non-hydrogen) atoms. The molecule has 0 unspecified atom stereocenters. The Kier molecular flexibility index (Phi) is 3.85. The van der Waals surface area contributed by atoms with Crippen molar-refractivity contribution in [2.75, 3.05) is 5.32 Å². The van der Waals surface area contributed by atoms with Gasteiger partial charge in [-0.1, -0.05) is 24.3 Å². The van der Waals surface area contributed by atoms with Crippen molar-refractivity contribution in [3.8, 4) is 0 Å². The van der Waals surface area contributed by atoms with Gasteiger partial charge in [-0.25, -0.2) is 13.8 Å². The molecule has 2 aromatic carbocycles. The van der Waals surface area contributed by atoms with E-state index in [1.54, 1.807) is 0 Å². The van der Waals surface area contributed by atoms with Crippen molar-refractivity contribution in [3.63, 3.8) is 0 Å². The third-order valence-electron chi connectivity index (χ3n) is 3.25. The van der Waals surface area contributed by atoms with E-state index in [2.05, 4.69) is 17.2 Å². The number of aromatic nitrogens is 1. The summed E-state index contributed by atoms with van der Waals surface area (Å²) in [6.45, 7) is 2.05. The van der Waals surface area contributed by atoms with E-state index in [1.807, 2.05) is 18.2 Å². The number of nitrogens with one attached hydrogen (secondary N) is 1. The lowest BCUT2D eigenvalue weighted by atomic mass is 10.2. The summed E-state index contributed by atoms with van der Waals surface area (Å²) in [4.78, 5) is 16.3. The van der Waals surface area contributed by atoms with Crippen molar-refractivity contribution in [3.05, 3.63) is 59.2 Å². The molecule has 0 bridgehead atoms. The Morgan fingerprint density at radius 3 is 2.82 bits per heavy atom. The Morgan fingerprint density at radius 2 is 2.05 bits per heavy atom. The number of carbonyl (C=O) groups is 1. The van der Waals surface area contributed by atoms with Crippen molar-refractivity contribution >= 4 is 32.6 Å². The number of thiazole rings is 1. The lowest BCUT2D eigenvalue weighted by Crippen LogP contribution is -2.13. The van der Waals surface area contributed by atoms with Gasteiger partial charge >= 0.3 is 0 Å². The maximum Gasteiger partial charge on any atom is 0.260 e. The van der Waals surface area contributed by atoms with Crippen LogP contribution in [0.25, 0.3) is 10.2 Å². The number of aryl methyl sites for hydroxylation is 1. The summed E-state index contributed by atoms with van der Waals surface area (Å²) in [6, 6.07) is 8.62. The van der Waals surface area contributed by atoms with Crippen LogP contribution in [-0.4, -0.2) is 10.9 Å². The summed E-state index contributed by atoms with van der Waals surface area (Å²) in [7, 11) is 0. The van der Waals surface area contributed by atoms with E-state index in [0.717, 1.165) is 34.8 Å². The maximum atomic E-state index is 13.6. The first kappa shape index (κ1) is 14.6. The number of rotatable bonds is 3. The smallest absolute Gasteiger partial charge is 0.260 e. The third kappa shape index (κ3) is 2.82. The first-order valence-electron chi connectivity index (χ1n) is 6.72. The number of anilines is 1. The normalized spacial score (nSPS) is 10.9. The van der Waals surface area contributed by atoms with Crippen LogP contribution in [0.1, 0.15) is 22.8 Å². The van der Waals surface area contributed by atoms with Gasteiger partial charge in [0.15, 0.2) is 5.13 Å². The van der Waals surface area contributed by atoms with Crippen molar-refractivity contribution in [1.82, 2.24) is 4.98 Å². The second-order valence-electron chi connectivity index (χ2n) is 4.75. The first-order chi connectivity index (χ1) is 10.6. The molecule has 0 saturated carbocycles. The second-order valence-corrected chi connectivity index (χ2v) is 5.78. The van der Waals surface area contributed by atoms with Gasteiger partial charge in [0.05, 0.1) is 15.8 Å². The Balaban J connectivity index is 1.89. The molecule has 3 rings (SSSR count). The molecule has 0 saturated heterocycles. The molecule has 1 N–H and O–H groups in total. The minimum atomic E-state index is -0.770. The van der Waals surface area contributed by atoms with Crippen LogP contribution in [0, 0.1) is 11.6 Å². The van der Waals surface area contributed by atoms with Crippen LogP contribution in [0.15, 0.2) is 36.4 Å². The van der Waals surface area contributed by atoms with Gasteiger partial charge in [-0.2, -0.15) is 0 Å². The van der Waals surface area contributed by atoms with Crippen LogP contribution >= 0.6 is 11.3 Å². The highest BCUT2D eigenvalue weighted by Gasteiger charge is 2.15. The summed E-state index contributed by atoms with van der Waals surface area (Å²) >= 11 is 1.30. The summed E-state index contributed by atoms with van der Waals surface area (Å²) < 4.78 is 27.7. The molecule has 0 aliphatic rings. The predicted molar refractivity (Wildman–Crippen MR) is 83.3 cm³/mol. The fourth-order valence-electron chi connectivity index (χ4n) is 2.08. The topological polar surface area (TPSA) is 42.0 Å². The standard InChI is InChI=1S/C16H12F2N2OS/c1-2-9-3-6-13-14(7-9)22-16(19-13)20-15(21)11-8-10(17)4-5-12(11)18/h3-8H,2H2,1H3,(H,19,20,21). The van der Waals surface area contributed by atoms with Crippen LogP contribution < -0.4 is 5.32 Å². The molecule has 1 aromatic heterocycles. The zero-order chi connectivity index (χ0) is 15.7. The predicted octanol–water partition coefficient (Wildman–Crippen LogP) is 4.39. The molecule has 0 atom stereocenters. The van der Waals surface area contributed by atoms with E-state index in [0.29, 0.717) is 5.13 Å². The van der Waals surface area contributed by atoms with Gasteiger partial charge in [-0.05, 0) is 42.3 Å². The van der Waals surface area contributed by atoms with Crippen LogP contribution in [0.4, 0.5) is 13.9 Å². The van der Waals surface area contributed by atoms with Crippen molar-refractivity contribution in [1.29, 1.82) is 0 Å². The largest absolute Gasteiger partial charge is 0.298 e. The number of fused-ring (bicyclic) bond motifs is 1. The Labute approximate surface area is 129 Å². The van der Waals surface area contributed by atoms with E-state index in [1.165, 1.54) is 16.9 Å². The van der Waals surface area contributed by atoms with Gasteiger partial charge < -0.3 is 0 Å². The SMILES string of the molecule is CCc1ccc2nc(NC(=O)c3cc(F)ccc3F)sc2c1. The van der Waals surface area contributed by atoms with Gasteiger partial charge in [0, 0.05) is 0 Å². The van der Waals surface area contributed by atoms with Crippen LogP contribution in [0.3, 0.4) is 0 Å². The van der Waals surface area contributed by atoms with E-state index >= 15 is 0 Å². The summed E-state index contributed by atoms with van der Waals surface area (Å²) in [5.41, 5.74) is 1.59. The average Bonchev–Trinajstić information content (AvgIpc) is 2.90. The van der Waals surface area contributed by atoms with Gasteiger partial charge in [-0.15, -0.1) is 0 Å². The molecule has 0 radical (unpaired) electrons. The summed E-state index contributed by atoms with van der Waals surface area (Å²) in [6.07, 6.45) is 0.907. The second kappa shape index (κ2) is 5.81. The fraction of sp³-hybridized carbons (Fsp3) is 0.125. The number of carbonyl (C=O) groups excluding carboxylic acids is 1. The van der Waals surface area contributed by atoms with E-state index < -0.39 is 17.5 Å². The third-order valence-corrected chi connectivity index (χ3v) is 4.19. The van der Waals surface area contributed by atoms with Crippen LogP contribution in [0.5, 0.6) is 0 Å². The number of halogens is 2. The molecule has 3 nitrogen and oxygen atoms in total. The van der Waals surface area contributed by atoms with E-state index in [4.69, 9.17) is 0 Å². The number of benzene rings is 2. The summed E-state index contributed by atoms with van der Waals surface area (Å²) in [5, 5.41) is 2.87. The number of amides is 1. The molecule has 3 aromatic rings. The molecular weight excluding hydrogens is 306 g/mol. The quantitative estimate of drug-likeness (QED) is 0.778. The maximum absolute atomic E-state index is 13.6. The molecule has 1 amide bonds. The van der Waals surface area contributed by atoms with Crippen LogP contribution in [-0.2, 0) is 6.42 Å². The lowest BCUT2D eigenvalue weighted by molar-refractivity contribution is 0.102. The molecule has 6 heteroatoms. The first-order valence-corrected chi connectivity index (χ1v) is 7.54. The lowest BCUT2D eigenvalue weighted by Gasteiger charge is -2.02. The zero-order valence-corrected chi connectivity index (χ0v) is 12.5.